The van der Waals surface area contributed by atoms with Crippen LogP contribution in [0.4, 0.5) is 13.2 Å². The molecule has 0 radical (unpaired) electrons. The van der Waals surface area contributed by atoms with Crippen molar-refractivity contribution in [3.63, 3.8) is 0 Å². The van der Waals surface area contributed by atoms with E-state index >= 15 is 0 Å². The summed E-state index contributed by atoms with van der Waals surface area (Å²) in [5.41, 5.74) is 2.40. The second kappa shape index (κ2) is 11.5. The summed E-state index contributed by atoms with van der Waals surface area (Å²) < 4.78 is 38.3. The first-order valence-electron chi connectivity index (χ1n) is 10.3. The SMILES string of the molecule is C=CCCCC[C@H](c1ccc(-c2ccc(C(F)(F)F)cc2)cc1)N1CCNCC1.Cl. The third-order valence-corrected chi connectivity index (χ3v) is 5.57. The van der Waals surface area contributed by atoms with Crippen LogP contribution in [0.1, 0.15) is 42.9 Å². The number of benzene rings is 2. The van der Waals surface area contributed by atoms with Crippen LogP contribution in [0, 0.1) is 0 Å². The Morgan fingerprint density at radius 1 is 0.933 bits per heavy atom. The number of alkyl halides is 3. The summed E-state index contributed by atoms with van der Waals surface area (Å²) in [7, 11) is 0. The Kier molecular flexibility index (Phi) is 9.40. The molecule has 30 heavy (non-hydrogen) atoms. The minimum atomic E-state index is -4.30. The van der Waals surface area contributed by atoms with Gasteiger partial charge in [0, 0.05) is 32.2 Å². The van der Waals surface area contributed by atoms with Crippen molar-refractivity contribution in [1.29, 1.82) is 0 Å². The van der Waals surface area contributed by atoms with Gasteiger partial charge in [-0.1, -0.05) is 48.9 Å². The number of nitrogens with one attached hydrogen (secondary N) is 1. The molecule has 2 aromatic rings. The molecule has 0 aliphatic carbocycles. The summed E-state index contributed by atoms with van der Waals surface area (Å²) in [5, 5.41) is 3.41. The van der Waals surface area contributed by atoms with Gasteiger partial charge in [0.1, 0.15) is 0 Å². The van der Waals surface area contributed by atoms with Gasteiger partial charge in [-0.2, -0.15) is 13.2 Å². The Labute approximate surface area is 183 Å². The maximum atomic E-state index is 12.8. The predicted octanol–water partition coefficient (Wildman–Crippen LogP) is 6.49. The van der Waals surface area contributed by atoms with E-state index in [1.165, 1.54) is 5.56 Å². The van der Waals surface area contributed by atoms with Crippen molar-refractivity contribution in [2.24, 2.45) is 0 Å². The van der Waals surface area contributed by atoms with Crippen molar-refractivity contribution in [3.8, 4) is 11.1 Å². The molecule has 2 aromatic carbocycles. The molecule has 0 spiro atoms. The molecule has 1 aliphatic rings. The summed E-state index contributed by atoms with van der Waals surface area (Å²) in [4.78, 5) is 2.54. The molecule has 0 saturated carbocycles. The Balaban J connectivity index is 0.00000320. The standard InChI is InChI=1S/C24H29F3N2.ClH/c1-2-3-4-5-6-23(29-17-15-28-16-18-29)21-9-7-19(8-10-21)20-11-13-22(14-12-20)24(25,26)27;/h2,7-14,23,28H,1,3-6,15-18H2;1H/t23-;/m1./s1. The van der Waals surface area contributed by atoms with Crippen LogP contribution in [0.2, 0.25) is 0 Å². The Hall–Kier alpha value is -1.82. The smallest absolute Gasteiger partial charge is 0.314 e. The molecule has 0 amide bonds. The van der Waals surface area contributed by atoms with Crippen LogP contribution in [-0.4, -0.2) is 31.1 Å². The van der Waals surface area contributed by atoms with Gasteiger partial charge in [0.05, 0.1) is 5.56 Å². The van der Waals surface area contributed by atoms with E-state index in [0.29, 0.717) is 6.04 Å². The van der Waals surface area contributed by atoms with Crippen LogP contribution in [0.15, 0.2) is 61.2 Å². The average molecular weight is 439 g/mol. The normalized spacial score (nSPS) is 16.0. The zero-order valence-corrected chi connectivity index (χ0v) is 17.9. The van der Waals surface area contributed by atoms with Crippen molar-refractivity contribution in [3.05, 3.63) is 72.3 Å². The van der Waals surface area contributed by atoms with Crippen LogP contribution < -0.4 is 5.32 Å². The van der Waals surface area contributed by atoms with Crippen molar-refractivity contribution in [1.82, 2.24) is 10.2 Å². The van der Waals surface area contributed by atoms with Crippen LogP contribution in [-0.2, 0) is 6.18 Å². The number of allylic oxidation sites excluding steroid dienone is 1. The lowest BCUT2D eigenvalue weighted by molar-refractivity contribution is -0.137. The molecule has 0 aromatic heterocycles. The first-order valence-corrected chi connectivity index (χ1v) is 10.3. The zero-order chi connectivity index (χ0) is 20.7. The fraction of sp³-hybridized carbons (Fsp3) is 0.417. The van der Waals surface area contributed by atoms with E-state index < -0.39 is 11.7 Å². The van der Waals surface area contributed by atoms with E-state index in [1.807, 2.05) is 18.2 Å². The summed E-state index contributed by atoms with van der Waals surface area (Å²) >= 11 is 0. The number of halogens is 4. The Bertz CT molecular complexity index is 767. The highest BCUT2D eigenvalue weighted by Gasteiger charge is 2.30. The number of piperazine rings is 1. The highest BCUT2D eigenvalue weighted by atomic mass is 35.5. The fourth-order valence-corrected chi connectivity index (χ4v) is 3.93. The van der Waals surface area contributed by atoms with Crippen LogP contribution >= 0.6 is 12.4 Å². The van der Waals surface area contributed by atoms with Crippen LogP contribution in [0.25, 0.3) is 11.1 Å². The van der Waals surface area contributed by atoms with Gasteiger partial charge in [-0.3, -0.25) is 4.90 Å². The second-order valence-electron chi connectivity index (χ2n) is 7.57. The topological polar surface area (TPSA) is 15.3 Å². The summed E-state index contributed by atoms with van der Waals surface area (Å²) in [6.45, 7) is 7.88. The fourth-order valence-electron chi connectivity index (χ4n) is 3.93. The Morgan fingerprint density at radius 3 is 2.03 bits per heavy atom. The third-order valence-electron chi connectivity index (χ3n) is 5.57. The van der Waals surface area contributed by atoms with Crippen molar-refractivity contribution >= 4 is 12.4 Å². The van der Waals surface area contributed by atoms with Gasteiger partial charge in [-0.25, -0.2) is 0 Å². The molecule has 1 saturated heterocycles. The lowest BCUT2D eigenvalue weighted by Gasteiger charge is -2.35. The molecule has 0 bridgehead atoms. The molecular formula is C24H30ClF3N2. The first-order chi connectivity index (χ1) is 14.0. The highest BCUT2D eigenvalue weighted by Crippen LogP contribution is 2.32. The monoisotopic (exact) mass is 438 g/mol. The van der Waals surface area contributed by atoms with Gasteiger partial charge in [-0.15, -0.1) is 19.0 Å². The largest absolute Gasteiger partial charge is 0.416 e. The van der Waals surface area contributed by atoms with E-state index in [4.69, 9.17) is 0 Å². The lowest BCUT2D eigenvalue weighted by Crippen LogP contribution is -2.45. The molecule has 6 heteroatoms. The second-order valence-corrected chi connectivity index (χ2v) is 7.57. The molecule has 1 aliphatic heterocycles. The van der Waals surface area contributed by atoms with Crippen LogP contribution in [0.3, 0.4) is 0 Å². The van der Waals surface area contributed by atoms with E-state index in [-0.39, 0.29) is 12.4 Å². The van der Waals surface area contributed by atoms with E-state index in [2.05, 4.69) is 28.9 Å². The molecule has 1 N–H and O–H groups in total. The molecule has 1 fully saturated rings. The van der Waals surface area contributed by atoms with Gasteiger partial charge >= 0.3 is 6.18 Å². The molecule has 1 atom stereocenters. The van der Waals surface area contributed by atoms with Crippen LogP contribution in [0.5, 0.6) is 0 Å². The first kappa shape index (κ1) is 24.4. The highest BCUT2D eigenvalue weighted by molar-refractivity contribution is 5.85. The van der Waals surface area contributed by atoms with E-state index in [1.54, 1.807) is 12.1 Å². The molecule has 164 valence electrons. The van der Waals surface area contributed by atoms with Crippen molar-refractivity contribution in [2.75, 3.05) is 26.2 Å². The number of rotatable bonds is 8. The zero-order valence-electron chi connectivity index (χ0n) is 17.1. The number of hydrogen-bond donors (Lipinski definition) is 1. The van der Waals surface area contributed by atoms with Gasteiger partial charge in [-0.05, 0) is 48.1 Å². The molecular weight excluding hydrogens is 409 g/mol. The molecule has 3 rings (SSSR count). The summed E-state index contributed by atoms with van der Waals surface area (Å²) in [6.07, 6.45) is 2.12. The maximum Gasteiger partial charge on any atom is 0.416 e. The quantitative estimate of drug-likeness (QED) is 0.374. The summed E-state index contributed by atoms with van der Waals surface area (Å²) in [6, 6.07) is 14.1. The number of nitrogens with zero attached hydrogens (tertiary/aromatic N) is 1. The van der Waals surface area contributed by atoms with E-state index in [9.17, 15) is 13.2 Å². The van der Waals surface area contributed by atoms with Gasteiger partial charge in [0.25, 0.3) is 0 Å². The Morgan fingerprint density at radius 2 is 1.50 bits per heavy atom. The minimum absolute atomic E-state index is 0. The molecule has 1 heterocycles. The summed E-state index contributed by atoms with van der Waals surface area (Å²) in [5.74, 6) is 0. The third kappa shape index (κ3) is 6.59. The molecule has 0 unspecified atom stereocenters. The van der Waals surface area contributed by atoms with Gasteiger partial charge < -0.3 is 5.32 Å². The van der Waals surface area contributed by atoms with E-state index in [0.717, 1.165) is 75.1 Å². The molecule has 2 nitrogen and oxygen atoms in total. The maximum absolute atomic E-state index is 12.8. The average Bonchev–Trinajstić information content (AvgIpc) is 2.74. The number of unbranched alkanes of at least 4 members (excludes halogenated alkanes) is 2. The van der Waals surface area contributed by atoms with Gasteiger partial charge in [0.2, 0.25) is 0 Å². The van der Waals surface area contributed by atoms with Gasteiger partial charge in [0.15, 0.2) is 0 Å². The predicted molar refractivity (Wildman–Crippen MR) is 120 cm³/mol. The lowest BCUT2D eigenvalue weighted by atomic mass is 9.95. The number of hydrogen-bond acceptors (Lipinski definition) is 2. The van der Waals surface area contributed by atoms with Crippen molar-refractivity contribution < 1.29 is 13.2 Å². The van der Waals surface area contributed by atoms with Crippen molar-refractivity contribution in [2.45, 2.75) is 37.9 Å². The minimum Gasteiger partial charge on any atom is -0.314 e.